The minimum absolute atomic E-state index is 0.00330. The smallest absolute Gasteiger partial charge is 0.290 e. The maximum absolute atomic E-state index is 14.8. The standard InChI is InChI=1S/C25H25FN2O4/c1-15-9-10-19-16(13-15)14-20(32-19)23(29)21-22(17-7-4-5-8-18(17)26)28(25(31)24(21)30)12-6-11-27(2)3/h4-5,7-10,13-14,22,30H,6,11-12H2,1-3H3. The Labute approximate surface area is 185 Å². The molecule has 3 aromatic rings. The molecule has 1 aliphatic heterocycles. The zero-order chi connectivity index (χ0) is 23.0. The van der Waals surface area contributed by atoms with E-state index in [1.165, 1.54) is 17.0 Å². The van der Waals surface area contributed by atoms with Crippen molar-refractivity contribution in [3.63, 3.8) is 0 Å². The summed E-state index contributed by atoms with van der Waals surface area (Å²) < 4.78 is 20.5. The number of aryl methyl sites for hydroxylation is 1. The Kier molecular flexibility index (Phi) is 5.84. The highest BCUT2D eigenvalue weighted by Gasteiger charge is 2.45. The summed E-state index contributed by atoms with van der Waals surface area (Å²) in [6.07, 6.45) is 0.600. The Morgan fingerprint density at radius 1 is 1.19 bits per heavy atom. The summed E-state index contributed by atoms with van der Waals surface area (Å²) in [4.78, 5) is 29.7. The summed E-state index contributed by atoms with van der Waals surface area (Å²) in [6.45, 7) is 2.88. The van der Waals surface area contributed by atoms with Crippen molar-refractivity contribution in [1.29, 1.82) is 0 Å². The lowest BCUT2D eigenvalue weighted by Crippen LogP contribution is -2.34. The van der Waals surface area contributed by atoms with Gasteiger partial charge in [-0.3, -0.25) is 9.59 Å². The lowest BCUT2D eigenvalue weighted by atomic mass is 9.94. The Bertz CT molecular complexity index is 1230. The van der Waals surface area contributed by atoms with Crippen LogP contribution in [0.5, 0.6) is 0 Å². The van der Waals surface area contributed by atoms with Gasteiger partial charge in [0.05, 0.1) is 11.6 Å². The molecule has 1 amide bonds. The molecule has 1 N–H and O–H groups in total. The first-order valence-electron chi connectivity index (χ1n) is 10.5. The van der Waals surface area contributed by atoms with Gasteiger partial charge in [-0.2, -0.15) is 0 Å². The van der Waals surface area contributed by atoms with E-state index in [0.29, 0.717) is 18.5 Å². The third-order valence-corrected chi connectivity index (χ3v) is 5.65. The van der Waals surface area contributed by atoms with Crippen LogP contribution in [0, 0.1) is 12.7 Å². The molecule has 0 saturated heterocycles. The van der Waals surface area contributed by atoms with Crippen LogP contribution >= 0.6 is 0 Å². The second-order valence-corrected chi connectivity index (χ2v) is 8.32. The number of benzene rings is 2. The lowest BCUT2D eigenvalue weighted by Gasteiger charge is -2.27. The van der Waals surface area contributed by atoms with Gasteiger partial charge in [0.25, 0.3) is 5.91 Å². The zero-order valence-corrected chi connectivity index (χ0v) is 18.3. The fourth-order valence-electron chi connectivity index (χ4n) is 4.10. The quantitative estimate of drug-likeness (QED) is 0.556. The number of halogens is 1. The number of ketones is 1. The molecular formula is C25H25FN2O4. The van der Waals surface area contributed by atoms with E-state index in [0.717, 1.165) is 10.9 Å². The number of Topliss-reactive ketones (excluding diaryl/α,β-unsaturated/α-hetero) is 1. The van der Waals surface area contributed by atoms with Crippen molar-refractivity contribution in [2.45, 2.75) is 19.4 Å². The Morgan fingerprint density at radius 2 is 1.94 bits per heavy atom. The van der Waals surface area contributed by atoms with E-state index >= 15 is 0 Å². The van der Waals surface area contributed by atoms with Crippen LogP contribution in [-0.4, -0.2) is 53.8 Å². The zero-order valence-electron chi connectivity index (χ0n) is 18.3. The number of carbonyl (C=O) groups is 2. The third-order valence-electron chi connectivity index (χ3n) is 5.65. The van der Waals surface area contributed by atoms with Gasteiger partial charge in [-0.15, -0.1) is 0 Å². The van der Waals surface area contributed by atoms with Crippen LogP contribution in [0.25, 0.3) is 11.0 Å². The molecule has 7 heteroatoms. The first kappa shape index (κ1) is 21.8. The molecule has 1 unspecified atom stereocenters. The molecule has 0 saturated carbocycles. The van der Waals surface area contributed by atoms with E-state index in [1.807, 2.05) is 38.1 Å². The molecule has 6 nitrogen and oxygen atoms in total. The number of amides is 1. The number of nitrogens with zero attached hydrogens (tertiary/aromatic N) is 2. The minimum Gasteiger partial charge on any atom is -0.503 e. The number of hydrogen-bond acceptors (Lipinski definition) is 5. The summed E-state index contributed by atoms with van der Waals surface area (Å²) >= 11 is 0. The monoisotopic (exact) mass is 436 g/mol. The largest absolute Gasteiger partial charge is 0.503 e. The van der Waals surface area contributed by atoms with E-state index < -0.39 is 29.3 Å². The van der Waals surface area contributed by atoms with Crippen LogP contribution in [0.4, 0.5) is 4.39 Å². The Morgan fingerprint density at radius 3 is 2.66 bits per heavy atom. The molecule has 0 radical (unpaired) electrons. The summed E-state index contributed by atoms with van der Waals surface area (Å²) in [5.74, 6) is -2.54. The van der Waals surface area contributed by atoms with Gasteiger partial charge in [-0.05, 0) is 58.3 Å². The van der Waals surface area contributed by atoms with E-state index in [2.05, 4.69) is 0 Å². The normalized spacial score (nSPS) is 16.6. The number of aliphatic hydroxyl groups is 1. The Hall–Kier alpha value is -3.45. The van der Waals surface area contributed by atoms with Crippen LogP contribution in [0.2, 0.25) is 0 Å². The molecule has 1 aromatic heterocycles. The summed E-state index contributed by atoms with van der Waals surface area (Å²) in [5, 5.41) is 11.4. The molecule has 32 heavy (non-hydrogen) atoms. The first-order valence-corrected chi connectivity index (χ1v) is 10.5. The summed E-state index contributed by atoms with van der Waals surface area (Å²) in [6, 6.07) is 12.0. The molecule has 0 bridgehead atoms. The van der Waals surface area contributed by atoms with Crippen molar-refractivity contribution in [3.8, 4) is 0 Å². The summed E-state index contributed by atoms with van der Waals surface area (Å²) in [5.41, 5.74) is 1.52. The number of rotatable bonds is 7. The van der Waals surface area contributed by atoms with Gasteiger partial charge >= 0.3 is 0 Å². The molecular weight excluding hydrogens is 411 g/mol. The van der Waals surface area contributed by atoms with Crippen molar-refractivity contribution in [1.82, 2.24) is 9.80 Å². The van der Waals surface area contributed by atoms with Crippen molar-refractivity contribution in [3.05, 3.63) is 82.6 Å². The van der Waals surface area contributed by atoms with Gasteiger partial charge in [0.2, 0.25) is 5.78 Å². The predicted molar refractivity (Wildman–Crippen MR) is 119 cm³/mol. The van der Waals surface area contributed by atoms with Gasteiger partial charge in [0, 0.05) is 17.5 Å². The van der Waals surface area contributed by atoms with Gasteiger partial charge in [-0.1, -0.05) is 29.8 Å². The van der Waals surface area contributed by atoms with E-state index in [9.17, 15) is 19.1 Å². The molecule has 0 spiro atoms. The molecule has 1 atom stereocenters. The highest BCUT2D eigenvalue weighted by Crippen LogP contribution is 2.40. The highest BCUT2D eigenvalue weighted by atomic mass is 19.1. The maximum Gasteiger partial charge on any atom is 0.290 e. The highest BCUT2D eigenvalue weighted by molar-refractivity contribution is 6.16. The predicted octanol–water partition coefficient (Wildman–Crippen LogP) is 4.41. The number of furan rings is 1. The van der Waals surface area contributed by atoms with Crippen molar-refractivity contribution in [2.75, 3.05) is 27.2 Å². The van der Waals surface area contributed by atoms with Crippen LogP contribution in [0.15, 0.2) is 64.3 Å². The van der Waals surface area contributed by atoms with Gasteiger partial charge in [-0.25, -0.2) is 4.39 Å². The maximum atomic E-state index is 14.8. The van der Waals surface area contributed by atoms with Crippen molar-refractivity contribution < 1.29 is 23.5 Å². The average molecular weight is 436 g/mol. The van der Waals surface area contributed by atoms with Gasteiger partial charge < -0.3 is 19.3 Å². The lowest BCUT2D eigenvalue weighted by molar-refractivity contribution is -0.129. The second-order valence-electron chi connectivity index (χ2n) is 8.32. The molecule has 4 rings (SSSR count). The van der Waals surface area contributed by atoms with Crippen LogP contribution in [-0.2, 0) is 4.79 Å². The van der Waals surface area contributed by atoms with Crippen LogP contribution < -0.4 is 0 Å². The molecule has 166 valence electrons. The molecule has 0 fully saturated rings. The van der Waals surface area contributed by atoms with Crippen molar-refractivity contribution >= 4 is 22.7 Å². The number of hydrogen-bond donors (Lipinski definition) is 1. The van der Waals surface area contributed by atoms with Gasteiger partial charge in [0.1, 0.15) is 11.4 Å². The van der Waals surface area contributed by atoms with Crippen molar-refractivity contribution in [2.24, 2.45) is 0 Å². The van der Waals surface area contributed by atoms with Crippen LogP contribution in [0.1, 0.15) is 34.1 Å². The van der Waals surface area contributed by atoms with E-state index in [-0.39, 0.29) is 23.4 Å². The Balaban J connectivity index is 1.77. The first-order chi connectivity index (χ1) is 15.3. The van der Waals surface area contributed by atoms with Gasteiger partial charge in [0.15, 0.2) is 11.5 Å². The van der Waals surface area contributed by atoms with E-state index in [1.54, 1.807) is 24.3 Å². The molecule has 1 aliphatic rings. The number of fused-ring (bicyclic) bond motifs is 1. The SMILES string of the molecule is Cc1ccc2oc(C(=O)C3=C(O)C(=O)N(CCCN(C)C)C3c3ccccc3F)cc2c1. The topological polar surface area (TPSA) is 74.0 Å². The molecule has 2 heterocycles. The van der Waals surface area contributed by atoms with E-state index in [4.69, 9.17) is 4.42 Å². The molecule has 0 aliphatic carbocycles. The number of aliphatic hydroxyl groups excluding tert-OH is 1. The molecule has 2 aromatic carbocycles. The summed E-state index contributed by atoms with van der Waals surface area (Å²) in [7, 11) is 3.82. The third kappa shape index (κ3) is 3.91. The average Bonchev–Trinajstić information content (AvgIpc) is 3.27. The van der Waals surface area contributed by atoms with Crippen LogP contribution in [0.3, 0.4) is 0 Å². The minimum atomic E-state index is -1.03. The fraction of sp³-hybridized carbons (Fsp3) is 0.280. The number of carbonyl (C=O) groups excluding carboxylic acids is 2. The second kappa shape index (κ2) is 8.59. The fourth-order valence-corrected chi connectivity index (χ4v) is 4.10.